The van der Waals surface area contributed by atoms with E-state index in [9.17, 15) is 4.79 Å². The number of imidazole rings is 1. The first-order valence-corrected chi connectivity index (χ1v) is 9.41. The van der Waals surface area contributed by atoms with Crippen molar-refractivity contribution in [1.82, 2.24) is 19.3 Å². The molecule has 0 aliphatic carbocycles. The maximum Gasteiger partial charge on any atom is 0.410 e. The number of hydrogen-bond donors (Lipinski definition) is 0. The number of amides is 1. The van der Waals surface area contributed by atoms with E-state index in [-0.39, 0.29) is 18.7 Å². The molecule has 1 aliphatic rings. The van der Waals surface area contributed by atoms with Crippen LogP contribution in [0.25, 0.3) is 5.52 Å². The second-order valence-electron chi connectivity index (χ2n) is 6.38. The highest BCUT2D eigenvalue weighted by Crippen LogP contribution is 2.34. The summed E-state index contributed by atoms with van der Waals surface area (Å²) in [5, 5.41) is 0. The van der Waals surface area contributed by atoms with Gasteiger partial charge in [0.15, 0.2) is 0 Å². The van der Waals surface area contributed by atoms with Crippen LogP contribution in [0.5, 0.6) is 0 Å². The third-order valence-electron chi connectivity index (χ3n) is 4.71. The van der Waals surface area contributed by atoms with Crippen molar-refractivity contribution in [2.45, 2.75) is 32.4 Å². The Bertz CT molecular complexity index is 941. The van der Waals surface area contributed by atoms with Crippen molar-refractivity contribution in [2.24, 2.45) is 0 Å². The number of fused-ring (bicyclic) bond motifs is 1. The molecular weight excluding hydrogens is 396 g/mol. The summed E-state index contributed by atoms with van der Waals surface area (Å²) in [4.78, 5) is 23.4. The number of aromatic nitrogens is 3. The lowest BCUT2D eigenvalue weighted by Crippen LogP contribution is -2.32. The minimum Gasteiger partial charge on any atom is -0.445 e. The summed E-state index contributed by atoms with van der Waals surface area (Å²) in [7, 11) is 0. The molecule has 6 nitrogen and oxygen atoms in total. The van der Waals surface area contributed by atoms with Gasteiger partial charge in [-0.1, -0.05) is 30.3 Å². The third kappa shape index (κ3) is 3.07. The van der Waals surface area contributed by atoms with E-state index in [1.807, 2.05) is 47.9 Å². The Balaban J connectivity index is 1.57. The molecule has 4 rings (SSSR count). The van der Waals surface area contributed by atoms with Crippen LogP contribution in [-0.4, -0.2) is 31.9 Å². The topological polar surface area (TPSA) is 59.7 Å². The van der Waals surface area contributed by atoms with Crippen molar-refractivity contribution in [3.05, 3.63) is 64.4 Å². The number of likely N-dealkylation sites (tertiary alicyclic amines) is 1. The Labute approximate surface area is 159 Å². The molecule has 1 fully saturated rings. The summed E-state index contributed by atoms with van der Waals surface area (Å²) in [6, 6.07) is 9.62. The maximum absolute atomic E-state index is 12.7. The lowest BCUT2D eigenvalue weighted by atomic mass is 10.2. The molecule has 7 heteroatoms. The molecule has 0 unspecified atom stereocenters. The van der Waals surface area contributed by atoms with Gasteiger partial charge in [-0.2, -0.15) is 0 Å². The van der Waals surface area contributed by atoms with E-state index in [2.05, 4.69) is 25.9 Å². The van der Waals surface area contributed by atoms with Crippen molar-refractivity contribution in [2.75, 3.05) is 6.54 Å². The van der Waals surface area contributed by atoms with Crippen molar-refractivity contribution in [3.8, 4) is 0 Å². The van der Waals surface area contributed by atoms with Gasteiger partial charge in [0, 0.05) is 18.9 Å². The molecule has 1 aliphatic heterocycles. The monoisotopic (exact) mass is 414 g/mol. The van der Waals surface area contributed by atoms with Gasteiger partial charge in [0.25, 0.3) is 0 Å². The predicted octanol–water partition coefficient (Wildman–Crippen LogP) is 4.27. The first-order chi connectivity index (χ1) is 12.6. The highest BCUT2D eigenvalue weighted by molar-refractivity contribution is 9.10. The molecule has 0 N–H and O–H groups in total. The molecule has 0 spiro atoms. The number of rotatable bonds is 3. The molecule has 1 saturated heterocycles. The van der Waals surface area contributed by atoms with Gasteiger partial charge in [-0.15, -0.1) is 0 Å². The summed E-state index contributed by atoms with van der Waals surface area (Å²) in [6.45, 7) is 2.90. The van der Waals surface area contributed by atoms with Crippen LogP contribution in [0, 0.1) is 6.92 Å². The normalized spacial score (nSPS) is 17.0. The van der Waals surface area contributed by atoms with Gasteiger partial charge in [-0.05, 0) is 41.3 Å². The summed E-state index contributed by atoms with van der Waals surface area (Å²) in [5.74, 6) is 0.839. The standard InChI is InChI=1S/C19H19BrN4O2/c1-13-16-17(20)22-18(24(16)11-9-21-13)15-8-5-10-23(15)19(25)26-12-14-6-3-2-4-7-14/h2-4,6-7,9,11,15H,5,8,10,12H2,1H3/t15-/m0/s1. The Hall–Kier alpha value is -2.41. The second kappa shape index (κ2) is 7.07. The molecule has 1 amide bonds. The SMILES string of the molecule is Cc1nccn2c([C@@H]3CCCN3C(=O)OCc3ccccc3)nc(Br)c12. The number of hydrogen-bond acceptors (Lipinski definition) is 4. The van der Waals surface area contributed by atoms with Gasteiger partial charge in [-0.3, -0.25) is 14.3 Å². The smallest absolute Gasteiger partial charge is 0.410 e. The number of nitrogens with zero attached hydrogens (tertiary/aromatic N) is 4. The zero-order valence-electron chi connectivity index (χ0n) is 14.4. The molecule has 0 radical (unpaired) electrons. The van der Waals surface area contributed by atoms with Gasteiger partial charge in [0.05, 0.1) is 11.7 Å². The molecule has 2 aromatic heterocycles. The highest BCUT2D eigenvalue weighted by Gasteiger charge is 2.34. The van der Waals surface area contributed by atoms with Crippen molar-refractivity contribution < 1.29 is 9.53 Å². The van der Waals surface area contributed by atoms with E-state index in [1.165, 1.54) is 0 Å². The third-order valence-corrected chi connectivity index (χ3v) is 5.27. The Morgan fingerprint density at radius 3 is 2.96 bits per heavy atom. The molecular formula is C19H19BrN4O2. The fourth-order valence-corrected chi connectivity index (χ4v) is 4.12. The first-order valence-electron chi connectivity index (χ1n) is 8.61. The van der Waals surface area contributed by atoms with Gasteiger partial charge < -0.3 is 4.74 Å². The van der Waals surface area contributed by atoms with Crippen LogP contribution < -0.4 is 0 Å². The van der Waals surface area contributed by atoms with Gasteiger partial charge in [0.1, 0.15) is 22.6 Å². The minimum atomic E-state index is -0.296. The highest BCUT2D eigenvalue weighted by atomic mass is 79.9. The fraction of sp³-hybridized carbons (Fsp3) is 0.316. The number of aryl methyl sites for hydroxylation is 1. The number of halogens is 1. The van der Waals surface area contributed by atoms with E-state index >= 15 is 0 Å². The van der Waals surface area contributed by atoms with E-state index in [0.29, 0.717) is 6.54 Å². The van der Waals surface area contributed by atoms with E-state index in [0.717, 1.165) is 40.0 Å². The average Bonchev–Trinajstić information content (AvgIpc) is 3.26. The lowest BCUT2D eigenvalue weighted by Gasteiger charge is -2.23. The average molecular weight is 415 g/mol. The van der Waals surface area contributed by atoms with Gasteiger partial charge in [-0.25, -0.2) is 9.78 Å². The largest absolute Gasteiger partial charge is 0.445 e. The van der Waals surface area contributed by atoms with Crippen LogP contribution in [0.3, 0.4) is 0 Å². The summed E-state index contributed by atoms with van der Waals surface area (Å²) >= 11 is 3.53. The number of carbonyl (C=O) groups excluding carboxylic acids is 1. The maximum atomic E-state index is 12.7. The second-order valence-corrected chi connectivity index (χ2v) is 7.13. The Kier molecular flexibility index (Phi) is 4.63. The van der Waals surface area contributed by atoms with Crippen molar-refractivity contribution in [1.29, 1.82) is 0 Å². The van der Waals surface area contributed by atoms with Gasteiger partial charge in [0.2, 0.25) is 0 Å². The minimum absolute atomic E-state index is 0.0983. The zero-order chi connectivity index (χ0) is 18.1. The molecule has 1 aromatic carbocycles. The molecule has 0 bridgehead atoms. The van der Waals surface area contributed by atoms with Gasteiger partial charge >= 0.3 is 6.09 Å². The first kappa shape index (κ1) is 17.0. The molecule has 26 heavy (non-hydrogen) atoms. The predicted molar refractivity (Wildman–Crippen MR) is 101 cm³/mol. The van der Waals surface area contributed by atoms with Crippen LogP contribution in [-0.2, 0) is 11.3 Å². The molecule has 3 aromatic rings. The summed E-state index contributed by atoms with van der Waals surface area (Å²) < 4.78 is 8.30. The molecule has 0 saturated carbocycles. The zero-order valence-corrected chi connectivity index (χ0v) is 16.0. The molecule has 1 atom stereocenters. The van der Waals surface area contributed by atoms with Crippen molar-refractivity contribution >= 4 is 27.5 Å². The van der Waals surface area contributed by atoms with Crippen LogP contribution in [0.15, 0.2) is 47.3 Å². The van der Waals surface area contributed by atoms with E-state index in [1.54, 1.807) is 11.1 Å². The van der Waals surface area contributed by atoms with E-state index in [4.69, 9.17) is 4.74 Å². The van der Waals surface area contributed by atoms with Crippen LogP contribution in [0.4, 0.5) is 4.79 Å². The van der Waals surface area contributed by atoms with Crippen LogP contribution in [0.2, 0.25) is 0 Å². The molecule has 3 heterocycles. The van der Waals surface area contributed by atoms with E-state index < -0.39 is 0 Å². The van der Waals surface area contributed by atoms with Crippen molar-refractivity contribution in [3.63, 3.8) is 0 Å². The Morgan fingerprint density at radius 2 is 2.15 bits per heavy atom. The summed E-state index contributed by atoms with van der Waals surface area (Å²) in [5.41, 5.74) is 2.81. The number of benzene rings is 1. The Morgan fingerprint density at radius 1 is 1.35 bits per heavy atom. The lowest BCUT2D eigenvalue weighted by molar-refractivity contribution is 0.0907. The quantitative estimate of drug-likeness (QED) is 0.641. The van der Waals surface area contributed by atoms with Crippen LogP contribution >= 0.6 is 15.9 Å². The number of ether oxygens (including phenoxy) is 1. The summed E-state index contributed by atoms with van der Waals surface area (Å²) in [6.07, 6.45) is 5.15. The number of carbonyl (C=O) groups is 1. The fourth-order valence-electron chi connectivity index (χ4n) is 3.46. The molecule has 134 valence electrons. The van der Waals surface area contributed by atoms with Crippen LogP contribution in [0.1, 0.15) is 36.0 Å².